The zero-order valence-electron chi connectivity index (χ0n) is 26.2. The molecule has 0 aliphatic carbocycles. The van der Waals surface area contributed by atoms with Crippen LogP contribution in [0, 0.1) is 0 Å². The van der Waals surface area contributed by atoms with Crippen molar-refractivity contribution in [2.45, 2.75) is 86.8 Å². The lowest BCUT2D eigenvalue weighted by molar-refractivity contribution is -0.443. The highest BCUT2D eigenvalue weighted by atomic mass is 32.2. The lowest BCUT2D eigenvalue weighted by atomic mass is 9.80. The van der Waals surface area contributed by atoms with Crippen LogP contribution in [-0.2, 0) is 43.9 Å². The topological polar surface area (TPSA) is 135 Å². The number of aryl methyl sites for hydroxylation is 2. The Hall–Kier alpha value is -3.09. The third kappa shape index (κ3) is 5.22. The lowest BCUT2D eigenvalue weighted by Crippen LogP contribution is -2.29. The molecule has 240 valence electrons. The molecule has 0 spiro atoms. The molecule has 3 N–H and O–H groups in total. The average molecular weight is 654 g/mol. The van der Waals surface area contributed by atoms with Crippen LogP contribution in [0.3, 0.4) is 0 Å². The van der Waals surface area contributed by atoms with Gasteiger partial charge in [0.25, 0.3) is 20.2 Å². The van der Waals surface area contributed by atoms with Gasteiger partial charge in [0.2, 0.25) is 5.69 Å². The Labute approximate surface area is 265 Å². The molecule has 0 unspecified atom stereocenters. The van der Waals surface area contributed by atoms with E-state index in [-0.39, 0.29) is 16.4 Å². The predicted octanol–water partition coefficient (Wildman–Crippen LogP) is 5.39. The van der Waals surface area contributed by atoms with Gasteiger partial charge >= 0.3 is 0 Å². The molecule has 4 heterocycles. The van der Waals surface area contributed by atoms with E-state index in [0.29, 0.717) is 24.0 Å². The van der Waals surface area contributed by atoms with Crippen LogP contribution in [0.2, 0.25) is 0 Å². The molecule has 0 fully saturated rings. The maximum Gasteiger partial charge on any atom is 0.295 e. The summed E-state index contributed by atoms with van der Waals surface area (Å²) in [5.41, 5.74) is 6.53. The Bertz CT molecular complexity index is 1950. The van der Waals surface area contributed by atoms with E-state index in [2.05, 4.69) is 9.48 Å². The summed E-state index contributed by atoms with van der Waals surface area (Å²) in [5, 5.41) is 9.68. The molecule has 0 aromatic heterocycles. The van der Waals surface area contributed by atoms with Gasteiger partial charge in [0.15, 0.2) is 5.71 Å². The third-order valence-electron chi connectivity index (χ3n) is 9.84. The molecular weight excluding hydrogens is 613 g/mol. The number of aliphatic hydroxyl groups excluding tert-OH is 1. The number of hydrogen-bond donors (Lipinski definition) is 3. The Morgan fingerprint density at radius 3 is 2.22 bits per heavy atom. The Morgan fingerprint density at radius 1 is 0.911 bits per heavy atom. The molecule has 4 aliphatic rings. The van der Waals surface area contributed by atoms with Gasteiger partial charge in [-0.25, -0.2) is 0 Å². The van der Waals surface area contributed by atoms with Crippen LogP contribution in [0.5, 0.6) is 0 Å². The van der Waals surface area contributed by atoms with E-state index in [9.17, 15) is 31.0 Å². The van der Waals surface area contributed by atoms with Gasteiger partial charge in [0.1, 0.15) is 16.3 Å². The van der Waals surface area contributed by atoms with E-state index < -0.39 is 31.1 Å². The van der Waals surface area contributed by atoms with Gasteiger partial charge < -0.3 is 10.0 Å². The number of benzene rings is 2. The van der Waals surface area contributed by atoms with Gasteiger partial charge in [-0.1, -0.05) is 38.1 Å². The fraction of sp³-hybridized carbons (Fsp3) is 0.441. The Balaban J connectivity index is 1.44. The van der Waals surface area contributed by atoms with E-state index >= 15 is 0 Å². The summed E-state index contributed by atoms with van der Waals surface area (Å²) in [5.74, 6) is 0. The van der Waals surface area contributed by atoms with Crippen LogP contribution in [-0.4, -0.2) is 61.0 Å². The second-order valence-electron chi connectivity index (χ2n) is 13.4. The minimum absolute atomic E-state index is 0.0204. The van der Waals surface area contributed by atoms with Crippen molar-refractivity contribution >= 4 is 37.3 Å². The highest BCUT2D eigenvalue weighted by molar-refractivity contribution is 7.86. The van der Waals surface area contributed by atoms with E-state index in [4.69, 9.17) is 0 Å². The van der Waals surface area contributed by atoms with Gasteiger partial charge in [0.05, 0.1) is 11.0 Å². The summed E-state index contributed by atoms with van der Waals surface area (Å²) in [6.07, 6.45) is 12.7. The summed E-state index contributed by atoms with van der Waals surface area (Å²) in [7, 11) is -8.86. The van der Waals surface area contributed by atoms with Crippen molar-refractivity contribution in [1.82, 2.24) is 0 Å². The first-order valence-electron chi connectivity index (χ1n) is 15.5. The van der Waals surface area contributed by atoms with Gasteiger partial charge in [0, 0.05) is 53.6 Å². The quantitative estimate of drug-likeness (QED) is 0.196. The van der Waals surface area contributed by atoms with Crippen LogP contribution < -0.4 is 4.90 Å². The monoisotopic (exact) mass is 653 g/mol. The van der Waals surface area contributed by atoms with Crippen LogP contribution in [0.1, 0.15) is 75.6 Å². The molecule has 0 saturated carbocycles. The Morgan fingerprint density at radius 2 is 1.56 bits per heavy atom. The highest BCUT2D eigenvalue weighted by Crippen LogP contribution is 2.53. The first-order chi connectivity index (χ1) is 21.1. The molecule has 0 bridgehead atoms. The van der Waals surface area contributed by atoms with Crippen LogP contribution in [0.15, 0.2) is 69.6 Å². The van der Waals surface area contributed by atoms with Crippen LogP contribution in [0.4, 0.5) is 11.4 Å². The zero-order valence-corrected chi connectivity index (χ0v) is 27.8. The van der Waals surface area contributed by atoms with E-state index in [0.717, 1.165) is 78.3 Å². The van der Waals surface area contributed by atoms with Crippen molar-refractivity contribution in [1.29, 1.82) is 0 Å². The summed E-state index contributed by atoms with van der Waals surface area (Å²) >= 11 is 0. The van der Waals surface area contributed by atoms with Crippen molar-refractivity contribution in [2.24, 2.45) is 0 Å². The molecule has 0 saturated heterocycles. The molecule has 2 aromatic carbocycles. The van der Waals surface area contributed by atoms with Crippen molar-refractivity contribution in [3.05, 3.63) is 82.1 Å². The minimum Gasteiger partial charge on any atom is -0.396 e. The third-order valence-corrected chi connectivity index (χ3v) is 11.6. The molecule has 0 atom stereocenters. The normalized spacial score (nSPS) is 21.2. The SMILES string of the molecule is CC1(C)C(/C=C/C(=C/C=C2/N3CCCc4ccc(S(=O)(=O)O)c(c43)C2(C)C)CCCO)=[N+]2CCCc3ccc(S(=O)(=O)O)c1c32. The molecule has 0 amide bonds. The summed E-state index contributed by atoms with van der Waals surface area (Å²) in [4.78, 5) is 2.05. The lowest BCUT2D eigenvalue weighted by Gasteiger charge is -2.30. The molecule has 45 heavy (non-hydrogen) atoms. The number of rotatable bonds is 8. The smallest absolute Gasteiger partial charge is 0.295 e. The largest absolute Gasteiger partial charge is 0.396 e. The highest BCUT2D eigenvalue weighted by Gasteiger charge is 2.50. The van der Waals surface area contributed by atoms with Gasteiger partial charge in [-0.2, -0.15) is 21.4 Å². The predicted molar refractivity (Wildman–Crippen MR) is 174 cm³/mol. The van der Waals surface area contributed by atoms with Gasteiger partial charge in [-0.15, -0.1) is 0 Å². The number of aliphatic hydroxyl groups is 1. The molecule has 6 rings (SSSR count). The maximum absolute atomic E-state index is 12.4. The number of anilines is 1. The maximum atomic E-state index is 12.4. The zero-order chi connectivity index (χ0) is 32.5. The summed E-state index contributed by atoms with van der Waals surface area (Å²) in [6.45, 7) is 9.41. The van der Waals surface area contributed by atoms with Gasteiger partial charge in [-0.05, 0) is 75.3 Å². The number of nitrogens with zero attached hydrogens (tertiary/aromatic N) is 2. The Kier molecular flexibility index (Phi) is 7.80. The molecular formula is C34H41N2O7S2+. The van der Waals surface area contributed by atoms with Crippen LogP contribution in [0.25, 0.3) is 0 Å². The molecule has 9 nitrogen and oxygen atoms in total. The second kappa shape index (κ2) is 11.0. The minimum atomic E-state index is -4.43. The molecule has 11 heteroatoms. The van der Waals surface area contributed by atoms with Crippen molar-refractivity contribution in [3.8, 4) is 0 Å². The first-order valence-corrected chi connectivity index (χ1v) is 18.4. The number of hydrogen-bond acceptors (Lipinski definition) is 6. The van der Waals surface area contributed by atoms with Crippen molar-refractivity contribution < 1.29 is 35.6 Å². The van der Waals surface area contributed by atoms with Gasteiger partial charge in [-0.3, -0.25) is 9.11 Å². The second-order valence-corrected chi connectivity index (χ2v) is 16.2. The fourth-order valence-electron chi connectivity index (χ4n) is 7.86. The molecule has 2 aromatic rings. The van der Waals surface area contributed by atoms with Crippen molar-refractivity contribution in [3.63, 3.8) is 0 Å². The average Bonchev–Trinajstić information content (AvgIpc) is 3.33. The summed E-state index contributed by atoms with van der Waals surface area (Å²) < 4.78 is 72.0. The van der Waals surface area contributed by atoms with Crippen LogP contribution >= 0.6 is 0 Å². The van der Waals surface area contributed by atoms with Crippen molar-refractivity contribution in [2.75, 3.05) is 24.6 Å². The fourth-order valence-corrected chi connectivity index (χ4v) is 9.55. The molecule has 0 radical (unpaired) electrons. The van der Waals surface area contributed by atoms with E-state index in [1.54, 1.807) is 12.1 Å². The van der Waals surface area contributed by atoms with E-state index in [1.807, 2.05) is 52.0 Å². The molecule has 4 aliphatic heterocycles. The standard InChI is InChI=1S/C34H40N2O7S2/c1-33(2)27(35-19-5-9-23-13-15-25(44(38,39)40)29(33)31(23)35)17-11-22(8-7-21-37)12-18-28-34(3,4)30-26(45(41,42)43)16-14-24-10-6-20-36(28)32(24)30/h11-18,37H,5-10,19-21H2,1-4H3,(H-,38,39,40,41,42,43)/p+1. The summed E-state index contributed by atoms with van der Waals surface area (Å²) in [6, 6.07) is 6.63. The number of allylic oxidation sites excluding steroid dienone is 6. The first kappa shape index (κ1) is 31.9. The van der Waals surface area contributed by atoms with E-state index in [1.165, 1.54) is 12.1 Å².